The van der Waals surface area contributed by atoms with E-state index in [0.29, 0.717) is 12.3 Å². The van der Waals surface area contributed by atoms with Gasteiger partial charge in [-0.1, -0.05) is 75.2 Å². The summed E-state index contributed by atoms with van der Waals surface area (Å²) < 4.78 is 5.58. The van der Waals surface area contributed by atoms with E-state index in [9.17, 15) is 19.5 Å². The van der Waals surface area contributed by atoms with Crippen LogP contribution in [0.15, 0.2) is 48.5 Å². The van der Waals surface area contributed by atoms with Crippen LogP contribution in [-0.4, -0.2) is 41.8 Å². The zero-order chi connectivity index (χ0) is 23.5. The van der Waals surface area contributed by atoms with Crippen LogP contribution >= 0.6 is 0 Å². The van der Waals surface area contributed by atoms with Crippen LogP contribution in [0.2, 0.25) is 0 Å². The molecule has 1 fully saturated rings. The van der Waals surface area contributed by atoms with Crippen molar-refractivity contribution < 1.29 is 24.2 Å². The standard InChI is InChI=1S/C26H30N2O5/c1-15(2)23(25(30)31)28-24(29)22(13-16-11-12-16)27-26(32)33-14-21-19-9-5-3-7-17(19)18-8-4-6-10-20(18)21/h3-10,15-16,21-23H,11-14H2,1-2H3,(H,27,32)(H,28,29)(H,30,31)/t22-,23?/m0/s1. The third-order valence-electron chi connectivity index (χ3n) is 6.45. The van der Waals surface area contributed by atoms with Crippen molar-refractivity contribution in [2.75, 3.05) is 6.61 Å². The first-order chi connectivity index (χ1) is 15.8. The van der Waals surface area contributed by atoms with E-state index in [2.05, 4.69) is 22.8 Å². The molecule has 0 aliphatic heterocycles. The van der Waals surface area contributed by atoms with E-state index in [0.717, 1.165) is 35.1 Å². The van der Waals surface area contributed by atoms with Crippen molar-refractivity contribution in [2.45, 2.75) is 51.1 Å². The number of fused-ring (bicyclic) bond motifs is 3. The van der Waals surface area contributed by atoms with E-state index in [4.69, 9.17) is 4.74 Å². The predicted molar refractivity (Wildman–Crippen MR) is 124 cm³/mol. The molecule has 0 radical (unpaired) electrons. The van der Waals surface area contributed by atoms with Crippen LogP contribution < -0.4 is 10.6 Å². The maximum absolute atomic E-state index is 12.8. The average molecular weight is 451 g/mol. The molecule has 2 aromatic rings. The number of aliphatic carboxylic acids is 1. The Kier molecular flexibility index (Phi) is 6.67. The zero-order valence-corrected chi connectivity index (χ0v) is 18.9. The first kappa shape index (κ1) is 22.8. The van der Waals surface area contributed by atoms with Crippen LogP contribution in [0.1, 0.15) is 50.2 Å². The Balaban J connectivity index is 1.41. The number of carbonyl (C=O) groups is 3. The maximum atomic E-state index is 12.8. The van der Waals surface area contributed by atoms with E-state index in [-0.39, 0.29) is 18.4 Å². The summed E-state index contributed by atoms with van der Waals surface area (Å²) in [6, 6.07) is 14.3. The zero-order valence-electron chi connectivity index (χ0n) is 18.9. The van der Waals surface area contributed by atoms with Crippen molar-refractivity contribution in [1.29, 1.82) is 0 Å². The Morgan fingerprint density at radius 1 is 0.970 bits per heavy atom. The van der Waals surface area contributed by atoms with Crippen LogP contribution in [0.4, 0.5) is 4.79 Å². The van der Waals surface area contributed by atoms with Crippen LogP contribution in [0.5, 0.6) is 0 Å². The second-order valence-corrected chi connectivity index (χ2v) is 9.27. The van der Waals surface area contributed by atoms with Crippen molar-refractivity contribution in [3.05, 3.63) is 59.7 Å². The van der Waals surface area contributed by atoms with Crippen molar-refractivity contribution in [2.24, 2.45) is 11.8 Å². The number of hydrogen-bond acceptors (Lipinski definition) is 4. The third-order valence-corrected chi connectivity index (χ3v) is 6.45. The number of carboxylic acid groups (broad SMARTS) is 1. The van der Waals surface area contributed by atoms with Gasteiger partial charge in [-0.3, -0.25) is 4.79 Å². The molecule has 7 nitrogen and oxygen atoms in total. The van der Waals surface area contributed by atoms with Gasteiger partial charge in [0.15, 0.2) is 0 Å². The molecule has 3 N–H and O–H groups in total. The third kappa shape index (κ3) is 5.18. The Labute approximate surface area is 193 Å². The topological polar surface area (TPSA) is 105 Å². The van der Waals surface area contributed by atoms with Gasteiger partial charge in [0.2, 0.25) is 5.91 Å². The number of rotatable bonds is 9. The van der Waals surface area contributed by atoms with Gasteiger partial charge in [0.25, 0.3) is 0 Å². The lowest BCUT2D eigenvalue weighted by atomic mass is 9.98. The van der Waals surface area contributed by atoms with E-state index < -0.39 is 30.1 Å². The molecule has 174 valence electrons. The van der Waals surface area contributed by atoms with Crippen molar-refractivity contribution in [1.82, 2.24) is 10.6 Å². The van der Waals surface area contributed by atoms with Crippen LogP contribution in [0.25, 0.3) is 11.1 Å². The molecular weight excluding hydrogens is 420 g/mol. The summed E-state index contributed by atoms with van der Waals surface area (Å²) in [5.74, 6) is -1.57. The number of ether oxygens (including phenoxy) is 1. The molecule has 0 aromatic heterocycles. The highest BCUT2D eigenvalue weighted by Crippen LogP contribution is 2.44. The van der Waals surface area contributed by atoms with Gasteiger partial charge in [-0.2, -0.15) is 0 Å². The van der Waals surface area contributed by atoms with E-state index in [1.807, 2.05) is 36.4 Å². The molecule has 2 atom stereocenters. The van der Waals surface area contributed by atoms with Gasteiger partial charge >= 0.3 is 12.1 Å². The van der Waals surface area contributed by atoms with Gasteiger partial charge in [0.05, 0.1) is 0 Å². The molecule has 1 unspecified atom stereocenters. The molecule has 2 amide bonds. The molecular formula is C26H30N2O5. The first-order valence-electron chi connectivity index (χ1n) is 11.5. The fraction of sp³-hybridized carbons (Fsp3) is 0.423. The molecule has 0 saturated heterocycles. The van der Waals surface area contributed by atoms with Gasteiger partial charge < -0.3 is 20.5 Å². The molecule has 2 aliphatic rings. The molecule has 0 heterocycles. The van der Waals surface area contributed by atoms with Gasteiger partial charge in [-0.05, 0) is 40.5 Å². The number of carboxylic acids is 1. The lowest BCUT2D eigenvalue weighted by Crippen LogP contribution is -2.53. The minimum Gasteiger partial charge on any atom is -0.480 e. The Morgan fingerprint density at radius 2 is 1.55 bits per heavy atom. The Bertz CT molecular complexity index is 1000. The number of carbonyl (C=O) groups excluding carboxylic acids is 2. The average Bonchev–Trinajstić information content (AvgIpc) is 3.55. The first-order valence-corrected chi connectivity index (χ1v) is 11.5. The Morgan fingerprint density at radius 3 is 2.06 bits per heavy atom. The molecule has 2 aromatic carbocycles. The molecule has 0 bridgehead atoms. The minimum absolute atomic E-state index is 0.0730. The summed E-state index contributed by atoms with van der Waals surface area (Å²) in [5, 5.41) is 14.6. The number of amides is 2. The monoisotopic (exact) mass is 450 g/mol. The van der Waals surface area contributed by atoms with Crippen molar-refractivity contribution >= 4 is 18.0 Å². The highest BCUT2D eigenvalue weighted by atomic mass is 16.5. The summed E-state index contributed by atoms with van der Waals surface area (Å²) in [6.45, 7) is 3.61. The number of alkyl carbamates (subject to hydrolysis) is 1. The SMILES string of the molecule is CC(C)C(NC(=O)[C@H](CC1CC1)NC(=O)OCC1c2ccccc2-c2ccccc21)C(=O)O. The smallest absolute Gasteiger partial charge is 0.407 e. The molecule has 4 rings (SSSR count). The lowest BCUT2D eigenvalue weighted by molar-refractivity contribution is -0.143. The summed E-state index contributed by atoms with van der Waals surface area (Å²) in [7, 11) is 0. The second-order valence-electron chi connectivity index (χ2n) is 9.27. The van der Waals surface area contributed by atoms with Gasteiger partial charge in [-0.25, -0.2) is 9.59 Å². The summed E-state index contributed by atoms with van der Waals surface area (Å²) in [6.07, 6.45) is 1.81. The summed E-state index contributed by atoms with van der Waals surface area (Å²) in [4.78, 5) is 36.9. The summed E-state index contributed by atoms with van der Waals surface area (Å²) >= 11 is 0. The molecule has 7 heteroatoms. The number of hydrogen-bond donors (Lipinski definition) is 3. The van der Waals surface area contributed by atoms with Crippen LogP contribution in [0, 0.1) is 11.8 Å². The minimum atomic E-state index is -1.09. The fourth-order valence-corrected chi connectivity index (χ4v) is 4.47. The molecule has 33 heavy (non-hydrogen) atoms. The van der Waals surface area contributed by atoms with E-state index >= 15 is 0 Å². The highest BCUT2D eigenvalue weighted by molar-refractivity contribution is 5.89. The van der Waals surface area contributed by atoms with Crippen molar-refractivity contribution in [3.63, 3.8) is 0 Å². The normalized spacial score (nSPS) is 16.5. The number of nitrogens with one attached hydrogen (secondary N) is 2. The van der Waals surface area contributed by atoms with Gasteiger partial charge in [0.1, 0.15) is 18.7 Å². The van der Waals surface area contributed by atoms with Crippen LogP contribution in [0.3, 0.4) is 0 Å². The van der Waals surface area contributed by atoms with Crippen LogP contribution in [-0.2, 0) is 14.3 Å². The molecule has 1 saturated carbocycles. The molecule has 2 aliphatic carbocycles. The summed E-state index contributed by atoms with van der Waals surface area (Å²) in [5.41, 5.74) is 4.50. The van der Waals surface area contributed by atoms with Gasteiger partial charge in [-0.15, -0.1) is 0 Å². The largest absolute Gasteiger partial charge is 0.480 e. The predicted octanol–water partition coefficient (Wildman–Crippen LogP) is 3.92. The lowest BCUT2D eigenvalue weighted by Gasteiger charge is -2.23. The Hall–Kier alpha value is -3.35. The van der Waals surface area contributed by atoms with Gasteiger partial charge in [0, 0.05) is 5.92 Å². The maximum Gasteiger partial charge on any atom is 0.407 e. The molecule has 0 spiro atoms. The van der Waals surface area contributed by atoms with E-state index in [1.165, 1.54) is 0 Å². The van der Waals surface area contributed by atoms with E-state index in [1.54, 1.807) is 13.8 Å². The number of benzene rings is 2. The second kappa shape index (κ2) is 9.65. The quantitative estimate of drug-likeness (QED) is 0.537. The highest BCUT2D eigenvalue weighted by Gasteiger charge is 2.34. The van der Waals surface area contributed by atoms with Crippen molar-refractivity contribution in [3.8, 4) is 11.1 Å². The fourth-order valence-electron chi connectivity index (χ4n) is 4.47.